The van der Waals surface area contributed by atoms with Crippen molar-refractivity contribution in [1.29, 1.82) is 4.78 Å². The minimum absolute atomic E-state index is 0.153. The second kappa shape index (κ2) is 10.4. The van der Waals surface area contributed by atoms with Gasteiger partial charge in [0, 0.05) is 12.1 Å². The van der Waals surface area contributed by atoms with Crippen molar-refractivity contribution in [1.82, 2.24) is 0 Å². The Morgan fingerprint density at radius 1 is 1.00 bits per heavy atom. The van der Waals surface area contributed by atoms with E-state index in [9.17, 15) is 10.1 Å². The van der Waals surface area contributed by atoms with Crippen molar-refractivity contribution in [3.05, 3.63) is 76.3 Å². The lowest BCUT2D eigenvalue weighted by Crippen LogP contribution is -1.86. The highest BCUT2D eigenvalue weighted by molar-refractivity contribution is 7.60. The summed E-state index contributed by atoms with van der Waals surface area (Å²) in [4.78, 5) is 9.76. The van der Waals surface area contributed by atoms with Gasteiger partial charge in [0.25, 0.3) is 5.69 Å². The molecule has 0 unspecified atom stereocenters. The standard InChI is InChI=1S/C7H7NO2.C6H6.HNO2S/c1-6-3-2-4-7(5-6)8(9)10;1-2-4-6-5-3-1;1-4(2)3/h2-5H,1H3;1-6H;1H. The number of hydrogen-bond acceptors (Lipinski definition) is 5. The first-order valence-electron chi connectivity index (χ1n) is 5.45. The molecule has 0 aliphatic carbocycles. The highest BCUT2D eigenvalue weighted by Gasteiger charge is 2.01. The third-order valence-electron chi connectivity index (χ3n) is 1.88. The minimum atomic E-state index is -2.61. The number of nitrogens with one attached hydrogen (secondary N) is 1. The molecule has 6 nitrogen and oxygen atoms in total. The molecule has 0 bridgehead atoms. The third kappa shape index (κ3) is 10.6. The highest BCUT2D eigenvalue weighted by atomic mass is 32.2. The van der Waals surface area contributed by atoms with Crippen molar-refractivity contribution >= 4 is 16.2 Å². The predicted octanol–water partition coefficient (Wildman–Crippen LogP) is 3.22. The fourth-order valence-corrected chi connectivity index (χ4v) is 1.13. The zero-order valence-electron chi connectivity index (χ0n) is 10.8. The van der Waals surface area contributed by atoms with E-state index in [2.05, 4.69) is 0 Å². The van der Waals surface area contributed by atoms with Gasteiger partial charge in [-0.1, -0.05) is 48.5 Å². The maximum absolute atomic E-state index is 10.2. The number of nitrogens with zero attached hydrogens (tertiary/aromatic N) is 1. The van der Waals surface area contributed by atoms with E-state index >= 15 is 0 Å². The molecule has 0 atom stereocenters. The summed E-state index contributed by atoms with van der Waals surface area (Å²) in [5.41, 5.74) is 1.06. The Morgan fingerprint density at radius 2 is 1.40 bits per heavy atom. The number of nitro benzene ring substituents is 1. The Labute approximate surface area is 118 Å². The zero-order chi connectivity index (χ0) is 15.4. The van der Waals surface area contributed by atoms with Crippen LogP contribution in [0.4, 0.5) is 5.69 Å². The molecule has 1 N–H and O–H groups in total. The van der Waals surface area contributed by atoms with E-state index in [-0.39, 0.29) is 5.69 Å². The molecule has 0 heterocycles. The summed E-state index contributed by atoms with van der Waals surface area (Å²) < 4.78 is 22.8. The molecule has 0 aromatic heterocycles. The summed E-state index contributed by atoms with van der Waals surface area (Å²) in [7, 11) is -2.61. The Kier molecular flexibility index (Phi) is 9.07. The van der Waals surface area contributed by atoms with Gasteiger partial charge in [0.15, 0.2) is 0 Å². The van der Waals surface area contributed by atoms with Gasteiger partial charge >= 0.3 is 10.5 Å². The molecule has 0 fully saturated rings. The molecule has 7 heteroatoms. The molecular weight excluding hydrogens is 280 g/mol. The average Bonchev–Trinajstić information content (AvgIpc) is 2.41. The molecule has 2 aromatic carbocycles. The maximum atomic E-state index is 10.2. The van der Waals surface area contributed by atoms with E-state index in [1.54, 1.807) is 12.1 Å². The van der Waals surface area contributed by atoms with E-state index < -0.39 is 15.4 Å². The smallest absolute Gasteiger partial charge is 0.258 e. The van der Waals surface area contributed by atoms with Crippen molar-refractivity contribution < 1.29 is 13.3 Å². The number of aryl methyl sites for hydroxylation is 1. The lowest BCUT2D eigenvalue weighted by molar-refractivity contribution is -0.384. The summed E-state index contributed by atoms with van der Waals surface area (Å²) in [6.07, 6.45) is 0. The van der Waals surface area contributed by atoms with Gasteiger partial charge in [0.05, 0.1) is 4.92 Å². The van der Waals surface area contributed by atoms with Crippen LogP contribution in [0.3, 0.4) is 0 Å². The van der Waals surface area contributed by atoms with Gasteiger partial charge in [-0.2, -0.15) is 13.2 Å². The Balaban J connectivity index is 0.000000307. The molecule has 20 heavy (non-hydrogen) atoms. The molecule has 0 saturated heterocycles. The zero-order valence-corrected chi connectivity index (χ0v) is 11.6. The van der Waals surface area contributed by atoms with Crippen LogP contribution in [-0.2, 0) is 10.5 Å². The van der Waals surface area contributed by atoms with E-state index in [4.69, 9.17) is 13.2 Å². The number of nitro groups is 1. The van der Waals surface area contributed by atoms with Crippen molar-refractivity contribution in [2.24, 2.45) is 0 Å². The molecule has 2 rings (SSSR count). The van der Waals surface area contributed by atoms with Crippen molar-refractivity contribution in [3.63, 3.8) is 0 Å². The fourth-order valence-electron chi connectivity index (χ4n) is 1.13. The van der Waals surface area contributed by atoms with Crippen LogP contribution in [0.5, 0.6) is 0 Å². The Morgan fingerprint density at radius 3 is 1.65 bits per heavy atom. The van der Waals surface area contributed by atoms with E-state index in [1.165, 1.54) is 6.07 Å². The van der Waals surface area contributed by atoms with Gasteiger partial charge in [-0.3, -0.25) is 10.1 Å². The van der Waals surface area contributed by atoms with Crippen LogP contribution in [0.1, 0.15) is 5.56 Å². The van der Waals surface area contributed by atoms with E-state index in [0.29, 0.717) is 0 Å². The van der Waals surface area contributed by atoms with Gasteiger partial charge in [0.1, 0.15) is 0 Å². The lowest BCUT2D eigenvalue weighted by atomic mass is 10.2. The number of hydrogen-bond donors (Lipinski definition) is 1. The average molecular weight is 294 g/mol. The topological polar surface area (TPSA) is 101 Å². The molecule has 0 spiro atoms. The second-order valence-electron chi connectivity index (χ2n) is 3.49. The first-order chi connectivity index (χ1) is 9.43. The monoisotopic (exact) mass is 294 g/mol. The fraction of sp³-hybridized carbons (Fsp3) is 0.0769. The Hall–Kier alpha value is -2.54. The molecule has 0 amide bonds. The van der Waals surface area contributed by atoms with Crippen LogP contribution in [0.25, 0.3) is 0 Å². The van der Waals surface area contributed by atoms with Gasteiger partial charge in [0.2, 0.25) is 0 Å². The summed E-state index contributed by atoms with van der Waals surface area (Å²) in [5.74, 6) is 0. The first kappa shape index (κ1) is 17.5. The SMILES string of the molecule is Cc1cccc([N+](=O)[O-])c1.N=S(=O)=O.c1ccccc1. The molecule has 106 valence electrons. The van der Waals surface area contributed by atoms with Gasteiger partial charge < -0.3 is 0 Å². The normalized spacial score (nSPS) is 8.25. The van der Waals surface area contributed by atoms with E-state index in [1.807, 2.05) is 49.4 Å². The second-order valence-corrected chi connectivity index (χ2v) is 3.95. The third-order valence-corrected chi connectivity index (χ3v) is 1.88. The molecule has 0 aliphatic heterocycles. The molecule has 0 saturated carbocycles. The lowest BCUT2D eigenvalue weighted by Gasteiger charge is -1.90. The van der Waals surface area contributed by atoms with Crippen LogP contribution in [0.15, 0.2) is 60.7 Å². The summed E-state index contributed by atoms with van der Waals surface area (Å²) in [6.45, 7) is 1.83. The molecular formula is C13H14N2O4S. The molecule has 0 aliphatic rings. The highest BCUT2D eigenvalue weighted by Crippen LogP contribution is 2.11. The quantitative estimate of drug-likeness (QED) is 0.644. The minimum Gasteiger partial charge on any atom is -0.258 e. The van der Waals surface area contributed by atoms with Crippen LogP contribution in [-0.4, -0.2) is 13.3 Å². The molecule has 0 radical (unpaired) electrons. The van der Waals surface area contributed by atoms with Crippen molar-refractivity contribution in [2.75, 3.05) is 0 Å². The van der Waals surface area contributed by atoms with Crippen molar-refractivity contribution in [2.45, 2.75) is 6.92 Å². The summed E-state index contributed by atoms with van der Waals surface area (Å²) >= 11 is 0. The summed E-state index contributed by atoms with van der Waals surface area (Å²) in [5, 5.41) is 10.2. The largest absolute Gasteiger partial charge is 0.308 e. The van der Waals surface area contributed by atoms with Gasteiger partial charge in [-0.25, -0.2) is 0 Å². The molecule has 2 aromatic rings. The first-order valence-corrected chi connectivity index (χ1v) is 6.52. The van der Waals surface area contributed by atoms with Gasteiger partial charge in [-0.15, -0.1) is 0 Å². The van der Waals surface area contributed by atoms with Gasteiger partial charge in [-0.05, 0) is 12.5 Å². The van der Waals surface area contributed by atoms with Crippen molar-refractivity contribution in [3.8, 4) is 0 Å². The summed E-state index contributed by atoms with van der Waals surface area (Å²) in [6, 6.07) is 18.5. The number of rotatable bonds is 1. The van der Waals surface area contributed by atoms with E-state index in [0.717, 1.165) is 5.56 Å². The Bertz CT molecular complexity index is 594. The van der Waals surface area contributed by atoms with Crippen LogP contribution >= 0.6 is 0 Å². The maximum Gasteiger partial charge on any atom is 0.308 e. The van der Waals surface area contributed by atoms with Crippen LogP contribution in [0, 0.1) is 21.8 Å². The van der Waals surface area contributed by atoms with Crippen LogP contribution < -0.4 is 0 Å². The predicted molar refractivity (Wildman–Crippen MR) is 75.9 cm³/mol. The number of non-ortho nitro benzene ring substituents is 1. The van der Waals surface area contributed by atoms with Crippen LogP contribution in [0.2, 0.25) is 0 Å². The number of benzene rings is 2.